The predicted octanol–water partition coefficient (Wildman–Crippen LogP) is 4.97. The second kappa shape index (κ2) is 12.8. The summed E-state index contributed by atoms with van der Waals surface area (Å²) in [5.74, 6) is -1.17. The number of aromatic nitrogens is 4. The van der Waals surface area contributed by atoms with Crippen LogP contribution in [0.25, 0.3) is 22.2 Å². The predicted molar refractivity (Wildman–Crippen MR) is 169 cm³/mol. The van der Waals surface area contributed by atoms with Crippen molar-refractivity contribution >= 4 is 22.5 Å². The lowest BCUT2D eigenvalue weighted by Crippen LogP contribution is -2.41. The molecular weight excluding hydrogens is 620 g/mol. The first-order valence-electron chi connectivity index (χ1n) is 16.1. The molecule has 1 saturated carbocycles. The third-order valence-electron chi connectivity index (χ3n) is 9.10. The summed E-state index contributed by atoms with van der Waals surface area (Å²) in [6.07, 6.45) is -0.740. The summed E-state index contributed by atoms with van der Waals surface area (Å²) >= 11 is 0. The molecule has 3 aromatic rings. The Labute approximate surface area is 271 Å². The number of pyridine rings is 2. The van der Waals surface area contributed by atoms with Gasteiger partial charge in [0.2, 0.25) is 5.88 Å². The number of nitrogen functional groups attached to an aromatic ring is 1. The number of nitrogens with two attached hydrogens (primary N) is 1. The van der Waals surface area contributed by atoms with Gasteiger partial charge < -0.3 is 35.5 Å². The Kier molecular flexibility index (Phi) is 9.09. The molecule has 11 nitrogen and oxygen atoms in total. The topological polar surface area (TPSA) is 133 Å². The maximum atomic E-state index is 16.6. The van der Waals surface area contributed by atoms with Gasteiger partial charge in [0.05, 0.1) is 29.6 Å². The molecule has 256 valence electrons. The number of alkyl halides is 3. The molecule has 4 N–H and O–H groups in total. The van der Waals surface area contributed by atoms with Gasteiger partial charge in [0.15, 0.2) is 5.82 Å². The zero-order valence-electron chi connectivity index (χ0n) is 27.2. The third-order valence-corrected chi connectivity index (χ3v) is 9.10. The average molecular weight is 663 g/mol. The number of anilines is 2. The van der Waals surface area contributed by atoms with Gasteiger partial charge in [0.1, 0.15) is 28.2 Å². The van der Waals surface area contributed by atoms with E-state index in [0.717, 1.165) is 51.4 Å². The monoisotopic (exact) mass is 662 g/mol. The molecule has 5 heterocycles. The molecule has 0 aromatic carbocycles. The van der Waals surface area contributed by atoms with Crippen LogP contribution >= 0.6 is 0 Å². The standard InChI is InChI=1S/C32H42F4N8O3/c1-18-6-10-38-11-12-39-27-22-26(24(33)25(41-28(22)47-18)20-14-21(37)40-19(2)23(20)32(34,35)36)42-29(43-27)45-17-31(8-9-31)16-44(4)15-30(3)7-5-13-46-30/h14,18,38H,5-13,15-17H2,1-4H3,(H2,37,40)(H,39,42,43)/t18-,30?/m0/s1. The molecular formula is C32H42F4N8O3. The van der Waals surface area contributed by atoms with Crippen LogP contribution in [0.1, 0.15) is 57.2 Å². The van der Waals surface area contributed by atoms with E-state index in [-0.39, 0.29) is 45.4 Å². The van der Waals surface area contributed by atoms with Crippen LogP contribution in [-0.2, 0) is 10.9 Å². The SMILES string of the molecule is Cc1nc(N)cc(-c2nc3c4c(nc(OCC5(CN(C)CC6(C)CCCO6)CC5)nc4c2F)NCCNCC[C@H](C)O3)c1C(F)(F)F. The highest BCUT2D eigenvalue weighted by Gasteiger charge is 2.46. The summed E-state index contributed by atoms with van der Waals surface area (Å²) in [7, 11) is 2.07. The van der Waals surface area contributed by atoms with E-state index in [1.165, 1.54) is 6.92 Å². The Hall–Kier alpha value is -3.56. The normalized spacial score (nSPS) is 22.9. The summed E-state index contributed by atoms with van der Waals surface area (Å²) in [5.41, 5.74) is 2.60. The van der Waals surface area contributed by atoms with Gasteiger partial charge in [-0.25, -0.2) is 14.4 Å². The lowest BCUT2D eigenvalue weighted by atomic mass is 10.0. The number of hydrogen-bond donors (Lipinski definition) is 3. The number of rotatable bonds is 8. The van der Waals surface area contributed by atoms with Crippen LogP contribution in [0.4, 0.5) is 29.2 Å². The van der Waals surface area contributed by atoms with E-state index in [1.807, 2.05) is 6.92 Å². The second-order valence-corrected chi connectivity index (χ2v) is 13.5. The molecule has 6 rings (SSSR count). The van der Waals surface area contributed by atoms with Crippen molar-refractivity contribution in [3.63, 3.8) is 0 Å². The number of nitrogens with zero attached hydrogens (tertiary/aromatic N) is 5. The molecule has 0 spiro atoms. The molecule has 2 aliphatic heterocycles. The van der Waals surface area contributed by atoms with Crippen LogP contribution in [0.5, 0.6) is 11.9 Å². The lowest BCUT2D eigenvalue weighted by Gasteiger charge is -2.31. The molecule has 1 unspecified atom stereocenters. The lowest BCUT2D eigenvalue weighted by molar-refractivity contribution is -0.137. The van der Waals surface area contributed by atoms with Crippen molar-refractivity contribution in [3.8, 4) is 23.1 Å². The number of ether oxygens (including phenoxy) is 3. The number of nitrogens with one attached hydrogen (secondary N) is 2. The van der Waals surface area contributed by atoms with E-state index < -0.39 is 40.6 Å². The van der Waals surface area contributed by atoms with Crippen molar-refractivity contribution in [1.82, 2.24) is 30.2 Å². The van der Waals surface area contributed by atoms with Crippen molar-refractivity contribution in [1.29, 1.82) is 0 Å². The molecule has 0 bridgehead atoms. The highest BCUT2D eigenvalue weighted by atomic mass is 19.4. The number of likely N-dealkylation sites (N-methyl/N-ethyl adjacent to an activating group) is 1. The van der Waals surface area contributed by atoms with Crippen molar-refractivity contribution < 1.29 is 31.8 Å². The molecule has 0 amide bonds. The molecule has 2 atom stereocenters. The zero-order chi connectivity index (χ0) is 33.6. The first-order valence-corrected chi connectivity index (χ1v) is 16.1. The van der Waals surface area contributed by atoms with Crippen LogP contribution in [0.15, 0.2) is 6.07 Å². The third kappa shape index (κ3) is 7.31. The summed E-state index contributed by atoms with van der Waals surface area (Å²) in [4.78, 5) is 19.4. The molecule has 0 radical (unpaired) electrons. The van der Waals surface area contributed by atoms with Crippen LogP contribution in [0.3, 0.4) is 0 Å². The van der Waals surface area contributed by atoms with Crippen molar-refractivity contribution in [2.45, 2.75) is 70.8 Å². The summed E-state index contributed by atoms with van der Waals surface area (Å²) in [6.45, 7) is 9.38. The maximum absolute atomic E-state index is 16.6. The van der Waals surface area contributed by atoms with Gasteiger partial charge in [-0.1, -0.05) is 0 Å². The molecule has 47 heavy (non-hydrogen) atoms. The molecule has 15 heteroatoms. The fourth-order valence-electron chi connectivity index (χ4n) is 6.67. The molecule has 3 aliphatic rings. The van der Waals surface area contributed by atoms with Crippen LogP contribution in [0.2, 0.25) is 0 Å². The van der Waals surface area contributed by atoms with E-state index in [0.29, 0.717) is 32.7 Å². The first kappa shape index (κ1) is 33.3. The van der Waals surface area contributed by atoms with Gasteiger partial charge in [0.25, 0.3) is 0 Å². The van der Waals surface area contributed by atoms with E-state index >= 15 is 4.39 Å². The van der Waals surface area contributed by atoms with Crippen molar-refractivity contribution in [3.05, 3.63) is 23.1 Å². The van der Waals surface area contributed by atoms with Crippen LogP contribution in [-0.4, -0.2) is 89.5 Å². The highest BCUT2D eigenvalue weighted by molar-refractivity contribution is 5.96. The first-order chi connectivity index (χ1) is 22.3. The van der Waals surface area contributed by atoms with Gasteiger partial charge in [-0.05, 0) is 72.5 Å². The Balaban J connectivity index is 1.40. The van der Waals surface area contributed by atoms with Gasteiger partial charge in [0, 0.05) is 43.8 Å². The maximum Gasteiger partial charge on any atom is 0.418 e. The Morgan fingerprint density at radius 1 is 1.11 bits per heavy atom. The van der Waals surface area contributed by atoms with Gasteiger partial charge in [-0.2, -0.15) is 23.1 Å². The smallest absolute Gasteiger partial charge is 0.418 e. The molecule has 3 aromatic heterocycles. The highest BCUT2D eigenvalue weighted by Crippen LogP contribution is 2.47. The minimum Gasteiger partial charge on any atom is -0.474 e. The minimum absolute atomic E-state index is 0.0936. The van der Waals surface area contributed by atoms with E-state index in [4.69, 9.17) is 19.9 Å². The van der Waals surface area contributed by atoms with E-state index in [2.05, 4.69) is 49.4 Å². The average Bonchev–Trinajstić information content (AvgIpc) is 3.62. The van der Waals surface area contributed by atoms with Gasteiger partial charge >= 0.3 is 12.2 Å². The van der Waals surface area contributed by atoms with Gasteiger partial charge in [-0.15, -0.1) is 0 Å². The van der Waals surface area contributed by atoms with E-state index in [1.54, 1.807) is 0 Å². The summed E-state index contributed by atoms with van der Waals surface area (Å²) in [6, 6.07) is 0.875. The number of halogens is 4. The van der Waals surface area contributed by atoms with Crippen molar-refractivity contribution in [2.24, 2.45) is 5.41 Å². The minimum atomic E-state index is -4.86. The zero-order valence-corrected chi connectivity index (χ0v) is 27.2. The Morgan fingerprint density at radius 2 is 1.89 bits per heavy atom. The largest absolute Gasteiger partial charge is 0.474 e. The summed E-state index contributed by atoms with van der Waals surface area (Å²) in [5, 5.41) is 6.61. The Morgan fingerprint density at radius 3 is 2.60 bits per heavy atom. The quantitative estimate of drug-likeness (QED) is 0.283. The number of hydrogen-bond acceptors (Lipinski definition) is 11. The van der Waals surface area contributed by atoms with Crippen molar-refractivity contribution in [2.75, 3.05) is 64.0 Å². The number of aryl methyl sites for hydroxylation is 1. The van der Waals surface area contributed by atoms with Crippen LogP contribution in [0, 0.1) is 18.2 Å². The summed E-state index contributed by atoms with van der Waals surface area (Å²) < 4.78 is 77.9. The molecule has 1 saturated heterocycles. The van der Waals surface area contributed by atoms with Crippen LogP contribution < -0.4 is 25.8 Å². The Bertz CT molecular complexity index is 1630. The molecule has 1 aliphatic carbocycles. The fourth-order valence-corrected chi connectivity index (χ4v) is 6.67. The second-order valence-electron chi connectivity index (χ2n) is 13.5. The fraction of sp³-hybridized carbons (Fsp3) is 0.625. The van der Waals surface area contributed by atoms with Gasteiger partial charge in [-0.3, -0.25) is 0 Å². The van der Waals surface area contributed by atoms with E-state index in [9.17, 15) is 13.2 Å². The molecule has 2 fully saturated rings.